The second kappa shape index (κ2) is 7.65. The minimum absolute atomic E-state index is 0.118. The number of carbonyl (C=O) groups excluding carboxylic acids is 1. The number of nitrogens with zero attached hydrogens (tertiary/aromatic N) is 3. The molecule has 5 heteroatoms. The molecule has 2 aliphatic rings. The Bertz CT molecular complexity index is 705. The Hall–Kier alpha value is -1.75. The highest BCUT2D eigenvalue weighted by molar-refractivity contribution is 7.11. The highest BCUT2D eigenvalue weighted by Gasteiger charge is 2.33. The molecule has 25 heavy (non-hydrogen) atoms. The summed E-state index contributed by atoms with van der Waals surface area (Å²) in [4.78, 5) is 24.9. The van der Waals surface area contributed by atoms with Crippen molar-refractivity contribution in [2.75, 3.05) is 6.54 Å². The summed E-state index contributed by atoms with van der Waals surface area (Å²) in [5.74, 6) is 0.789. The molecule has 0 radical (unpaired) electrons. The third kappa shape index (κ3) is 4.09. The first kappa shape index (κ1) is 16.7. The van der Waals surface area contributed by atoms with E-state index in [0.717, 1.165) is 25.8 Å². The lowest BCUT2D eigenvalue weighted by molar-refractivity contribution is 0.0745. The van der Waals surface area contributed by atoms with Crippen molar-refractivity contribution >= 4 is 17.2 Å². The number of hydrogen-bond acceptors (Lipinski definition) is 4. The second-order valence-corrected chi connectivity index (χ2v) is 8.37. The van der Waals surface area contributed by atoms with Gasteiger partial charge < -0.3 is 4.90 Å². The average molecular weight is 356 g/mol. The molecule has 4 rings (SSSR count). The van der Waals surface area contributed by atoms with E-state index in [-0.39, 0.29) is 5.91 Å². The standard InChI is InChI=1S/C20H25N3OS/c24-20(16-7-4-11-21-13-16)23(17-8-9-17)12-10-18-14-22-19(25-18)15-5-2-1-3-6-15/h4,7,11,13-15,17H,1-3,5-6,8-10,12H2. The Kier molecular flexibility index (Phi) is 5.11. The van der Waals surface area contributed by atoms with Gasteiger partial charge in [0.05, 0.1) is 10.6 Å². The fraction of sp³-hybridized carbons (Fsp3) is 0.550. The van der Waals surface area contributed by atoms with Crippen LogP contribution in [-0.2, 0) is 6.42 Å². The van der Waals surface area contributed by atoms with Gasteiger partial charge in [0.1, 0.15) is 0 Å². The number of hydrogen-bond donors (Lipinski definition) is 0. The van der Waals surface area contributed by atoms with E-state index < -0.39 is 0 Å². The summed E-state index contributed by atoms with van der Waals surface area (Å²) >= 11 is 1.86. The predicted molar refractivity (Wildman–Crippen MR) is 99.9 cm³/mol. The van der Waals surface area contributed by atoms with Gasteiger partial charge in [0, 0.05) is 48.4 Å². The Morgan fingerprint density at radius 1 is 1.16 bits per heavy atom. The number of aromatic nitrogens is 2. The smallest absolute Gasteiger partial charge is 0.255 e. The minimum Gasteiger partial charge on any atom is -0.335 e. The normalized spacial score (nSPS) is 18.2. The number of pyridine rings is 1. The largest absolute Gasteiger partial charge is 0.335 e. The summed E-state index contributed by atoms with van der Waals surface area (Å²) in [5.41, 5.74) is 0.696. The molecule has 0 bridgehead atoms. The minimum atomic E-state index is 0.118. The van der Waals surface area contributed by atoms with Crippen LogP contribution in [0.25, 0.3) is 0 Å². The maximum absolute atomic E-state index is 12.8. The quantitative estimate of drug-likeness (QED) is 0.770. The molecule has 2 heterocycles. The Morgan fingerprint density at radius 3 is 2.72 bits per heavy atom. The molecule has 132 valence electrons. The molecule has 0 saturated heterocycles. The van der Waals surface area contributed by atoms with Gasteiger partial charge in [0.2, 0.25) is 0 Å². The van der Waals surface area contributed by atoms with E-state index in [4.69, 9.17) is 0 Å². The summed E-state index contributed by atoms with van der Waals surface area (Å²) < 4.78 is 0. The molecule has 0 aliphatic heterocycles. The van der Waals surface area contributed by atoms with Crippen molar-refractivity contribution in [2.24, 2.45) is 0 Å². The molecule has 2 aliphatic carbocycles. The molecular weight excluding hydrogens is 330 g/mol. The van der Waals surface area contributed by atoms with Gasteiger partial charge in [-0.25, -0.2) is 4.98 Å². The topological polar surface area (TPSA) is 46.1 Å². The van der Waals surface area contributed by atoms with Crippen LogP contribution in [0.4, 0.5) is 0 Å². The van der Waals surface area contributed by atoms with Crippen LogP contribution in [0.3, 0.4) is 0 Å². The van der Waals surface area contributed by atoms with E-state index in [1.165, 1.54) is 42.0 Å². The SMILES string of the molecule is O=C(c1cccnc1)N(CCc1cnc(C2CCCCC2)s1)C1CC1. The highest BCUT2D eigenvalue weighted by atomic mass is 32.1. The molecule has 0 unspecified atom stereocenters. The number of amides is 1. The molecule has 2 saturated carbocycles. The Labute approximate surface area is 153 Å². The summed E-state index contributed by atoms with van der Waals surface area (Å²) in [5, 5.41) is 1.31. The molecule has 1 amide bonds. The highest BCUT2D eigenvalue weighted by Crippen LogP contribution is 2.35. The molecule has 0 aromatic carbocycles. The molecule has 2 fully saturated rings. The van der Waals surface area contributed by atoms with Crippen molar-refractivity contribution in [1.82, 2.24) is 14.9 Å². The summed E-state index contributed by atoms with van der Waals surface area (Å²) in [7, 11) is 0. The molecule has 2 aromatic heterocycles. The summed E-state index contributed by atoms with van der Waals surface area (Å²) in [6.45, 7) is 0.782. The van der Waals surface area contributed by atoms with Gasteiger partial charge in [0.25, 0.3) is 5.91 Å². The van der Waals surface area contributed by atoms with Crippen molar-refractivity contribution in [2.45, 2.75) is 63.3 Å². The van der Waals surface area contributed by atoms with Gasteiger partial charge in [-0.05, 0) is 37.8 Å². The van der Waals surface area contributed by atoms with E-state index in [2.05, 4.69) is 9.97 Å². The van der Waals surface area contributed by atoms with Crippen molar-refractivity contribution in [1.29, 1.82) is 0 Å². The zero-order valence-corrected chi connectivity index (χ0v) is 15.4. The first-order valence-corrected chi connectivity index (χ1v) is 10.3. The third-order valence-electron chi connectivity index (χ3n) is 5.28. The second-order valence-electron chi connectivity index (χ2n) is 7.22. The average Bonchev–Trinajstić information content (AvgIpc) is 3.40. The van der Waals surface area contributed by atoms with Gasteiger partial charge in [-0.15, -0.1) is 11.3 Å². The first-order chi connectivity index (χ1) is 12.3. The van der Waals surface area contributed by atoms with Crippen LogP contribution < -0.4 is 0 Å². The number of rotatable bonds is 6. The summed E-state index contributed by atoms with van der Waals surface area (Å²) in [6.07, 6.45) is 15.2. The van der Waals surface area contributed by atoms with Crippen molar-refractivity contribution in [3.63, 3.8) is 0 Å². The molecule has 0 spiro atoms. The van der Waals surface area contributed by atoms with Crippen molar-refractivity contribution in [3.8, 4) is 0 Å². The van der Waals surface area contributed by atoms with Gasteiger partial charge >= 0.3 is 0 Å². The fourth-order valence-corrected chi connectivity index (χ4v) is 4.77. The van der Waals surface area contributed by atoms with E-state index in [0.29, 0.717) is 17.5 Å². The molecule has 0 N–H and O–H groups in total. The molecule has 4 nitrogen and oxygen atoms in total. The van der Waals surface area contributed by atoms with Crippen LogP contribution in [0, 0.1) is 0 Å². The van der Waals surface area contributed by atoms with Crippen LogP contribution in [0.2, 0.25) is 0 Å². The maximum atomic E-state index is 12.8. The predicted octanol–water partition coefficient (Wildman–Crippen LogP) is 4.43. The molecular formula is C20H25N3OS. The first-order valence-electron chi connectivity index (χ1n) is 9.47. The molecule has 2 aromatic rings. The lowest BCUT2D eigenvalue weighted by atomic mass is 9.90. The zero-order valence-electron chi connectivity index (χ0n) is 14.6. The maximum Gasteiger partial charge on any atom is 0.255 e. The van der Waals surface area contributed by atoms with Crippen LogP contribution in [0.15, 0.2) is 30.7 Å². The monoisotopic (exact) mass is 355 g/mol. The van der Waals surface area contributed by atoms with E-state index >= 15 is 0 Å². The van der Waals surface area contributed by atoms with E-state index in [9.17, 15) is 4.79 Å². The van der Waals surface area contributed by atoms with Gasteiger partial charge in [-0.2, -0.15) is 0 Å². The fourth-order valence-electron chi connectivity index (χ4n) is 3.70. The Balaban J connectivity index is 1.39. The number of thiazole rings is 1. The van der Waals surface area contributed by atoms with Gasteiger partial charge in [0.15, 0.2) is 0 Å². The lowest BCUT2D eigenvalue weighted by Crippen LogP contribution is -2.34. The lowest BCUT2D eigenvalue weighted by Gasteiger charge is -2.22. The zero-order chi connectivity index (χ0) is 17.1. The van der Waals surface area contributed by atoms with Gasteiger partial charge in [-0.3, -0.25) is 9.78 Å². The molecule has 0 atom stereocenters. The van der Waals surface area contributed by atoms with Crippen molar-refractivity contribution < 1.29 is 4.79 Å². The number of carbonyl (C=O) groups is 1. The van der Waals surface area contributed by atoms with E-state index in [1.807, 2.05) is 34.6 Å². The van der Waals surface area contributed by atoms with Crippen LogP contribution in [0.1, 0.15) is 71.1 Å². The summed E-state index contributed by atoms with van der Waals surface area (Å²) in [6, 6.07) is 4.11. The van der Waals surface area contributed by atoms with Crippen molar-refractivity contribution in [3.05, 3.63) is 46.2 Å². The third-order valence-corrected chi connectivity index (χ3v) is 6.50. The Morgan fingerprint density at radius 2 is 2.00 bits per heavy atom. The van der Waals surface area contributed by atoms with E-state index in [1.54, 1.807) is 12.4 Å². The van der Waals surface area contributed by atoms with Gasteiger partial charge in [-0.1, -0.05) is 19.3 Å². The van der Waals surface area contributed by atoms with Crippen LogP contribution >= 0.6 is 11.3 Å². The van der Waals surface area contributed by atoms with Crippen LogP contribution in [0.5, 0.6) is 0 Å². The van der Waals surface area contributed by atoms with Crippen LogP contribution in [-0.4, -0.2) is 33.4 Å².